The van der Waals surface area contributed by atoms with Crippen LogP contribution in [0.5, 0.6) is 0 Å². The highest BCUT2D eigenvalue weighted by Crippen LogP contribution is 2.53. The molecule has 3 aliphatic heterocycles. The van der Waals surface area contributed by atoms with Crippen LogP contribution in [-0.2, 0) is 12.8 Å². The minimum Gasteiger partial charge on any atom is -0.478 e. The lowest BCUT2D eigenvalue weighted by Gasteiger charge is -2.33. The van der Waals surface area contributed by atoms with E-state index in [1.165, 1.54) is 11.3 Å². The van der Waals surface area contributed by atoms with Crippen molar-refractivity contribution < 1.29 is 14.3 Å². The summed E-state index contributed by atoms with van der Waals surface area (Å²) in [4.78, 5) is 15.3. The number of carbonyl (C=O) groups is 1. The predicted molar refractivity (Wildman–Crippen MR) is 172 cm³/mol. The maximum atomic E-state index is 12.9. The van der Waals surface area contributed by atoms with Gasteiger partial charge >= 0.3 is 5.97 Å². The number of aromatic carboxylic acids is 1. The normalized spacial score (nSPS) is 15.2. The molecule has 0 atom stereocenters. The van der Waals surface area contributed by atoms with E-state index in [1.54, 1.807) is 0 Å². The molecule has 0 spiro atoms. The molecule has 2 aromatic rings. The number of halogens is 4. The van der Waals surface area contributed by atoms with Gasteiger partial charge in [0.15, 0.2) is 0 Å². The van der Waals surface area contributed by atoms with Crippen LogP contribution in [-0.4, -0.2) is 38.3 Å². The van der Waals surface area contributed by atoms with Gasteiger partial charge in [0.1, 0.15) is 25.4 Å². The van der Waals surface area contributed by atoms with Gasteiger partial charge < -0.3 is 14.4 Å². The summed E-state index contributed by atoms with van der Waals surface area (Å²) in [6.45, 7) is 2.01. The maximum absolute atomic E-state index is 12.9. The molecule has 0 fully saturated rings. The van der Waals surface area contributed by atoms with Crippen LogP contribution < -0.4 is 14.8 Å². The van der Waals surface area contributed by atoms with E-state index in [1.807, 2.05) is 36.9 Å². The average molecular weight is 639 g/mol. The fourth-order valence-electron chi connectivity index (χ4n) is 6.78. The van der Waals surface area contributed by atoms with Crippen molar-refractivity contribution in [2.75, 3.05) is 32.1 Å². The summed E-state index contributed by atoms with van der Waals surface area (Å²) in [6.07, 6.45) is 8.65. The molecule has 0 amide bonds. The lowest BCUT2D eigenvalue weighted by molar-refractivity contribution is 0.0698. The van der Waals surface area contributed by atoms with E-state index in [0.717, 1.165) is 72.6 Å². The summed E-state index contributed by atoms with van der Waals surface area (Å²) in [5, 5.41) is 12.0. The van der Waals surface area contributed by atoms with Crippen LogP contribution in [0.4, 0.5) is 5.69 Å². The van der Waals surface area contributed by atoms with Gasteiger partial charge in [0.2, 0.25) is 5.36 Å². The molecule has 42 heavy (non-hydrogen) atoms. The standard InChI is InChI=1S/C33H24Cl4N2O3/c1-38(2)21-15-22-23(18-10-4-3-9-17(18)21)24(25-26(33(40)41)28(35)30(37)29(36)27(25)34)20-14-16-8-5-6-12-39-13-7-11-19(31(16)39)32(20)42-22/h9-10,14-15H,5-8,11-13H2,1-2H3/p+1. The Morgan fingerprint density at radius 3 is 2.33 bits per heavy atom. The number of aryl methyl sites for hydroxylation is 2. The minimum absolute atomic E-state index is 0.00168. The summed E-state index contributed by atoms with van der Waals surface area (Å²) in [7, 11) is 3.94. The summed E-state index contributed by atoms with van der Waals surface area (Å²) in [6, 6.07) is 4.14. The quantitative estimate of drug-likeness (QED) is 0.0693. The molecule has 0 saturated carbocycles. The molecule has 212 valence electrons. The van der Waals surface area contributed by atoms with Crippen molar-refractivity contribution in [1.82, 2.24) is 4.58 Å². The molecule has 0 aromatic heterocycles. The molecule has 7 rings (SSSR count). The zero-order valence-electron chi connectivity index (χ0n) is 22.9. The second-order valence-corrected chi connectivity index (χ2v) is 12.7. The van der Waals surface area contributed by atoms with Gasteiger partial charge in [-0.15, -0.1) is 0 Å². The van der Waals surface area contributed by atoms with Gasteiger partial charge in [0, 0.05) is 58.1 Å². The van der Waals surface area contributed by atoms with E-state index in [9.17, 15) is 9.90 Å². The van der Waals surface area contributed by atoms with Crippen molar-refractivity contribution >= 4 is 81.2 Å². The van der Waals surface area contributed by atoms with Crippen LogP contribution >= 0.6 is 46.4 Å². The van der Waals surface area contributed by atoms with Gasteiger partial charge in [0.25, 0.3) is 0 Å². The highest BCUT2D eigenvalue weighted by atomic mass is 35.5. The Hall–Kier alpha value is -3.14. The number of benzene rings is 3. The van der Waals surface area contributed by atoms with Crippen LogP contribution in [0.15, 0.2) is 28.0 Å². The van der Waals surface area contributed by atoms with E-state index >= 15 is 0 Å². The van der Waals surface area contributed by atoms with Gasteiger partial charge in [-0.2, -0.15) is 0 Å². The SMILES string of the molecule is C[N+](C)=c1cc2oc3c4c5c(cc3c(-c3c(Cl)c(Cl)c(Cl)c(Cl)c3C(=O)O)c-2c2c1C=C=C=C2)CCCCN5CCC4. The topological polar surface area (TPSA) is 56.7 Å². The third-order valence-corrected chi connectivity index (χ3v) is 10.3. The predicted octanol–water partition coefficient (Wildman–Crippen LogP) is 8.43. The Morgan fingerprint density at radius 2 is 1.60 bits per heavy atom. The number of carboxylic acid groups (broad SMARTS) is 1. The molecule has 2 aliphatic carbocycles. The van der Waals surface area contributed by atoms with Gasteiger partial charge in [-0.25, -0.2) is 9.37 Å². The Labute approximate surface area is 262 Å². The van der Waals surface area contributed by atoms with Crippen LogP contribution in [0.2, 0.25) is 20.1 Å². The van der Waals surface area contributed by atoms with E-state index in [-0.39, 0.29) is 31.2 Å². The Balaban J connectivity index is 1.79. The van der Waals surface area contributed by atoms with Crippen molar-refractivity contribution in [2.24, 2.45) is 0 Å². The molecule has 0 saturated heterocycles. The monoisotopic (exact) mass is 637 g/mol. The fraction of sp³-hybridized carbons (Fsp3) is 0.273. The van der Waals surface area contributed by atoms with Gasteiger partial charge in [-0.1, -0.05) is 57.9 Å². The fourth-order valence-corrected chi connectivity index (χ4v) is 7.81. The minimum atomic E-state index is -1.26. The van der Waals surface area contributed by atoms with Crippen LogP contribution in [0.25, 0.3) is 45.6 Å². The Kier molecular flexibility index (Phi) is 6.75. The Bertz CT molecular complexity index is 2040. The summed E-state index contributed by atoms with van der Waals surface area (Å²) in [5.41, 5.74) is 13.5. The molecular weight excluding hydrogens is 614 g/mol. The zero-order chi connectivity index (χ0) is 29.4. The van der Waals surface area contributed by atoms with Gasteiger partial charge in [-0.3, -0.25) is 0 Å². The third-order valence-electron chi connectivity index (χ3n) is 8.53. The van der Waals surface area contributed by atoms with Crippen molar-refractivity contribution in [3.05, 3.63) is 76.9 Å². The molecule has 0 bridgehead atoms. The van der Waals surface area contributed by atoms with Gasteiger partial charge in [-0.05, 0) is 49.8 Å². The third kappa shape index (κ3) is 4.00. The van der Waals surface area contributed by atoms with Crippen molar-refractivity contribution in [3.63, 3.8) is 0 Å². The van der Waals surface area contributed by atoms with E-state index in [0.29, 0.717) is 22.5 Å². The first-order chi connectivity index (χ1) is 20.2. The molecule has 3 heterocycles. The molecule has 2 aromatic carbocycles. The molecule has 1 N–H and O–H groups in total. The van der Waals surface area contributed by atoms with E-state index in [4.69, 9.17) is 50.8 Å². The lowest BCUT2D eigenvalue weighted by Crippen LogP contribution is -2.30. The van der Waals surface area contributed by atoms with Crippen molar-refractivity contribution in [2.45, 2.75) is 32.1 Å². The first kappa shape index (κ1) is 27.7. The number of anilines is 1. The number of nitrogens with zero attached hydrogens (tertiary/aromatic N) is 2. The smallest absolute Gasteiger partial charge is 0.337 e. The maximum Gasteiger partial charge on any atom is 0.337 e. The van der Waals surface area contributed by atoms with Crippen LogP contribution in [0.3, 0.4) is 0 Å². The second-order valence-electron chi connectivity index (χ2n) is 11.1. The highest BCUT2D eigenvalue weighted by molar-refractivity contribution is 6.54. The summed E-state index contributed by atoms with van der Waals surface area (Å²) < 4.78 is 8.90. The largest absolute Gasteiger partial charge is 0.478 e. The van der Waals surface area contributed by atoms with Crippen molar-refractivity contribution in [1.29, 1.82) is 0 Å². The molecule has 5 nitrogen and oxygen atoms in total. The first-order valence-corrected chi connectivity index (χ1v) is 15.3. The average Bonchev–Trinajstić information content (AvgIpc) is 3.19. The van der Waals surface area contributed by atoms with E-state index < -0.39 is 5.97 Å². The molecule has 5 aliphatic rings. The molecule has 0 unspecified atom stereocenters. The Morgan fingerprint density at radius 1 is 0.881 bits per heavy atom. The first-order valence-electron chi connectivity index (χ1n) is 13.8. The molecule has 0 radical (unpaired) electrons. The van der Waals surface area contributed by atoms with Crippen LogP contribution in [0.1, 0.15) is 51.9 Å². The summed E-state index contributed by atoms with van der Waals surface area (Å²) >= 11 is 26.6. The van der Waals surface area contributed by atoms with Crippen molar-refractivity contribution in [3.8, 4) is 22.5 Å². The summed E-state index contributed by atoms with van der Waals surface area (Å²) in [5.74, 6) is -0.668. The molecule has 9 heteroatoms. The number of rotatable bonds is 2. The zero-order valence-corrected chi connectivity index (χ0v) is 26.0. The molecular formula is C33H25Cl4N2O3+. The lowest BCUT2D eigenvalue weighted by atomic mass is 9.83. The number of hydrogen-bond donors (Lipinski definition) is 1. The van der Waals surface area contributed by atoms with Gasteiger partial charge in [0.05, 0.1) is 37.3 Å². The highest BCUT2D eigenvalue weighted by Gasteiger charge is 2.35. The van der Waals surface area contributed by atoms with E-state index in [2.05, 4.69) is 22.4 Å². The second kappa shape index (κ2) is 10.2. The number of carboxylic acids is 1. The number of fused-ring (bicyclic) bond motifs is 5. The number of hydrogen-bond acceptors (Lipinski definition) is 3. The van der Waals surface area contributed by atoms with Crippen LogP contribution in [0, 0.1) is 0 Å².